The van der Waals surface area contributed by atoms with Gasteiger partial charge in [-0.3, -0.25) is 19.2 Å². The van der Waals surface area contributed by atoms with Gasteiger partial charge < -0.3 is 107 Å². The highest BCUT2D eigenvalue weighted by atomic mass is 16.8. The normalized spacial score (nSPS) is 33.1. The maximum absolute atomic E-state index is 14.8. The predicted molar refractivity (Wildman–Crippen MR) is 456 cm³/mol. The van der Waals surface area contributed by atoms with Gasteiger partial charge in [0.25, 0.3) is 0 Å². The van der Waals surface area contributed by atoms with Crippen LogP contribution in [0.4, 0.5) is 0 Å². The third-order valence-corrected chi connectivity index (χ3v) is 25.4. The average Bonchev–Trinajstić information content (AvgIpc) is 0.756. The molecule has 0 saturated carbocycles. The Morgan fingerprint density at radius 2 is 0.675 bits per heavy atom. The molecule has 0 aliphatic carbocycles. The highest BCUT2D eigenvalue weighted by Crippen LogP contribution is 2.40. The van der Waals surface area contributed by atoms with Gasteiger partial charge in [0.05, 0.1) is 37.1 Å². The Morgan fingerprint density at radius 1 is 0.317 bits per heavy atom. The fourth-order valence-electron chi connectivity index (χ4n) is 17.8. The van der Waals surface area contributed by atoms with Crippen molar-refractivity contribution in [3.05, 3.63) is 0 Å². The molecule has 0 amide bonds. The first-order chi connectivity index (χ1) is 58.2. The summed E-state index contributed by atoms with van der Waals surface area (Å²) < 4.78 is 90.5. The Bertz CT molecular complexity index is 2630. The Hall–Kier alpha value is -2.84. The molecule has 8 N–H and O–H groups in total. The largest absolute Gasteiger partial charge is 0.457 e. The van der Waals surface area contributed by atoms with Gasteiger partial charge in [0, 0.05) is 25.7 Å². The van der Waals surface area contributed by atoms with Gasteiger partial charge in [-0.2, -0.15) is 0 Å². The Kier molecular flexibility index (Phi) is 55.1. The second-order valence-corrected chi connectivity index (χ2v) is 36.0. The lowest BCUT2D eigenvalue weighted by Crippen LogP contribution is -2.68. The van der Waals surface area contributed by atoms with Crippen molar-refractivity contribution in [1.82, 2.24) is 0 Å². The number of hydrogen-bond donors (Lipinski definition) is 8. The van der Waals surface area contributed by atoms with E-state index >= 15 is 0 Å². The van der Waals surface area contributed by atoms with Gasteiger partial charge in [0.1, 0.15) is 73.2 Å². The van der Waals surface area contributed by atoms with E-state index in [0.717, 1.165) is 141 Å². The molecule has 6 saturated heterocycles. The number of unbranched alkanes of at least 4 members (excludes halogenated alkanes) is 38. The van der Waals surface area contributed by atoms with Crippen molar-refractivity contribution in [2.75, 3.05) is 6.61 Å². The minimum absolute atomic E-state index is 0.000313. The second-order valence-electron chi connectivity index (χ2n) is 36.0. The van der Waals surface area contributed by atoms with Gasteiger partial charge in [-0.25, -0.2) is 0 Å². The predicted octanol–water partition coefficient (Wildman–Crippen LogP) is 16.3. The summed E-state index contributed by atoms with van der Waals surface area (Å²) in [5, 5.41) is 95.8. The van der Waals surface area contributed by atoms with Crippen molar-refractivity contribution in [3.8, 4) is 0 Å². The van der Waals surface area contributed by atoms with Crippen LogP contribution in [-0.4, -0.2) is 231 Å². The third kappa shape index (κ3) is 38.6. The number of carbonyl (C=O) groups excluding carboxylic acids is 4. The maximum Gasteiger partial charge on any atom is 0.306 e. The van der Waals surface area contributed by atoms with Crippen LogP contribution in [0.1, 0.15) is 409 Å². The number of aliphatic hydroxyl groups excluding tert-OH is 8. The molecular formula is C94H170O26. The number of carbonyl (C=O) groups is 4. The molecule has 0 aromatic carbocycles. The van der Waals surface area contributed by atoms with Crippen molar-refractivity contribution in [3.63, 3.8) is 0 Å². The van der Waals surface area contributed by atoms with E-state index in [1.165, 1.54) is 148 Å². The van der Waals surface area contributed by atoms with E-state index in [0.29, 0.717) is 44.9 Å². The molecule has 6 aliphatic rings. The Morgan fingerprint density at radius 3 is 1.15 bits per heavy atom. The van der Waals surface area contributed by atoms with Gasteiger partial charge in [-0.1, -0.05) is 317 Å². The fraction of sp³-hybridized carbons (Fsp3) is 0.957. The van der Waals surface area contributed by atoms with Crippen LogP contribution >= 0.6 is 0 Å². The summed E-state index contributed by atoms with van der Waals surface area (Å²) in [6.45, 7) is 14.2. The molecule has 6 heterocycles. The molecule has 6 aliphatic heterocycles. The summed E-state index contributed by atoms with van der Waals surface area (Å²) in [6, 6.07) is 0. The van der Waals surface area contributed by atoms with Gasteiger partial charge in [0.15, 0.2) is 55.9 Å². The first-order valence-electron chi connectivity index (χ1n) is 48.9. The smallest absolute Gasteiger partial charge is 0.306 e. The number of ether oxygens (including phenoxy) is 14. The quantitative estimate of drug-likeness (QED) is 0.0159. The van der Waals surface area contributed by atoms with Crippen molar-refractivity contribution >= 4 is 23.9 Å². The van der Waals surface area contributed by atoms with Crippen molar-refractivity contribution < 1.29 is 126 Å². The van der Waals surface area contributed by atoms with Crippen LogP contribution in [0.15, 0.2) is 0 Å². The minimum Gasteiger partial charge on any atom is -0.457 e. The summed E-state index contributed by atoms with van der Waals surface area (Å²) in [7, 11) is 0. The van der Waals surface area contributed by atoms with Crippen LogP contribution in [-0.2, 0) is 85.5 Å². The Balaban J connectivity index is 1.29. The molecule has 6 fully saturated rings. The maximum atomic E-state index is 14.8. The van der Waals surface area contributed by atoms with Crippen molar-refractivity contribution in [2.45, 2.75) is 568 Å². The molecule has 0 radical (unpaired) electrons. The van der Waals surface area contributed by atoms with Crippen LogP contribution in [0.2, 0.25) is 0 Å². The van der Waals surface area contributed by atoms with Gasteiger partial charge >= 0.3 is 23.9 Å². The van der Waals surface area contributed by atoms with Crippen LogP contribution < -0.4 is 0 Å². The molecule has 26 atom stereocenters. The number of hydrogen-bond acceptors (Lipinski definition) is 26. The zero-order valence-corrected chi connectivity index (χ0v) is 75.5. The lowest BCUT2D eigenvalue weighted by molar-refractivity contribution is -0.400. The molecule has 0 aromatic rings. The standard InChI is InChI=1S/C94H170O26/c1-9-13-17-20-23-26-29-32-35-38-43-48-54-60-71(96)113-82-66(6)108-90(79(104)77(82)102)118-84-68(8)110-94(117-83-67(7)109-93-87(81(83)106)115-73(98)62-56-51-46-41-42-47-53-59-69(58-52-16-12-4)111-92-86(119-93)76(101)75(100)65(5)107-92)89(116-74(99)63-57-50-45-40-37-34-31-28-25-22-19-15-11-3)88(84)120-91-80(105)78(103)85(70(64-95)112-91)114-72(97)61-55-49-44-39-36-33-30-27-24-21-18-14-10-2/h65-70,75-95,100-106H,9-64H2,1-8H3. The number of aliphatic hydroxyl groups is 8. The lowest BCUT2D eigenvalue weighted by Gasteiger charge is -2.51. The first kappa shape index (κ1) is 106. The second kappa shape index (κ2) is 62.4. The first-order valence-corrected chi connectivity index (χ1v) is 48.9. The topological polar surface area (TPSA) is 359 Å². The van der Waals surface area contributed by atoms with Crippen LogP contribution in [0.25, 0.3) is 0 Å². The molecule has 0 spiro atoms. The minimum atomic E-state index is -2.05. The van der Waals surface area contributed by atoms with E-state index < -0.39 is 184 Å². The molecule has 120 heavy (non-hydrogen) atoms. The molecular weight excluding hydrogens is 1550 g/mol. The Labute approximate surface area is 721 Å². The molecule has 26 nitrogen and oxygen atoms in total. The zero-order chi connectivity index (χ0) is 86.8. The molecule has 26 unspecified atom stereocenters. The number of rotatable bonds is 56. The summed E-state index contributed by atoms with van der Waals surface area (Å²) in [6.07, 6.45) is 12.3. The summed E-state index contributed by atoms with van der Waals surface area (Å²) in [4.78, 5) is 56.2. The van der Waals surface area contributed by atoms with Crippen LogP contribution in [0.3, 0.4) is 0 Å². The highest BCUT2D eigenvalue weighted by molar-refractivity contribution is 5.71. The monoisotopic (exact) mass is 1720 g/mol. The fourth-order valence-corrected chi connectivity index (χ4v) is 17.8. The van der Waals surface area contributed by atoms with Gasteiger partial charge in [0.2, 0.25) is 0 Å². The molecule has 0 aromatic heterocycles. The molecule has 0 bridgehead atoms. The number of esters is 4. The SMILES string of the molecule is CCCCCCCCCCCCCCCC(=O)OC1C(C)OC(OC2C(C)OC(OC3C(C)OC4OC5C(OC(CCCCC)CCCCCCCCCC(=O)OC4C3O)OC(C)C(O)C5O)C(OC(=O)CCCCCCCCCCCCCCC)C2OC2OC(CO)C(OC(=O)CCCCCCCCCCCCCCC)C(O)C2O)C(O)C1O. The van der Waals surface area contributed by atoms with Gasteiger partial charge in [-0.15, -0.1) is 0 Å². The highest BCUT2D eigenvalue weighted by Gasteiger charge is 2.59. The average molecular weight is 1720 g/mol. The van der Waals surface area contributed by atoms with Gasteiger partial charge in [-0.05, 0) is 66.2 Å². The summed E-state index contributed by atoms with van der Waals surface area (Å²) >= 11 is 0. The summed E-state index contributed by atoms with van der Waals surface area (Å²) in [5.41, 5.74) is 0. The van der Waals surface area contributed by atoms with Crippen molar-refractivity contribution in [2.24, 2.45) is 0 Å². The van der Waals surface area contributed by atoms with E-state index in [-0.39, 0.29) is 31.8 Å². The molecule has 702 valence electrons. The zero-order valence-electron chi connectivity index (χ0n) is 75.5. The molecule has 6 rings (SSSR count). The van der Waals surface area contributed by atoms with E-state index in [1.807, 2.05) is 0 Å². The van der Waals surface area contributed by atoms with Crippen LogP contribution in [0.5, 0.6) is 0 Å². The van der Waals surface area contributed by atoms with E-state index in [4.69, 9.17) is 66.3 Å². The van der Waals surface area contributed by atoms with E-state index in [2.05, 4.69) is 27.7 Å². The third-order valence-electron chi connectivity index (χ3n) is 25.4. The van der Waals surface area contributed by atoms with E-state index in [1.54, 1.807) is 20.8 Å². The van der Waals surface area contributed by atoms with Crippen molar-refractivity contribution in [1.29, 1.82) is 0 Å². The number of fused-ring (bicyclic) bond motifs is 2. The lowest BCUT2D eigenvalue weighted by atomic mass is 9.95. The van der Waals surface area contributed by atoms with Crippen LogP contribution in [0, 0.1) is 0 Å². The molecule has 26 heteroatoms. The van der Waals surface area contributed by atoms with E-state index in [9.17, 15) is 60.0 Å². The summed E-state index contributed by atoms with van der Waals surface area (Å²) in [5.74, 6) is -2.74.